The van der Waals surface area contributed by atoms with Gasteiger partial charge in [-0.2, -0.15) is 5.26 Å². The second-order valence-corrected chi connectivity index (χ2v) is 6.93. The first-order valence-corrected chi connectivity index (χ1v) is 9.47. The minimum Gasteiger partial charge on any atom is -0.374 e. The molecule has 0 radical (unpaired) electrons. The van der Waals surface area contributed by atoms with Gasteiger partial charge in [0.2, 0.25) is 0 Å². The number of nitrogens with one attached hydrogen (secondary N) is 2. The van der Waals surface area contributed by atoms with E-state index < -0.39 is 0 Å². The van der Waals surface area contributed by atoms with E-state index in [-0.39, 0.29) is 6.10 Å². The van der Waals surface area contributed by atoms with Crippen LogP contribution >= 0.6 is 0 Å². The summed E-state index contributed by atoms with van der Waals surface area (Å²) < 4.78 is 7.67. The molecule has 0 spiro atoms. The van der Waals surface area contributed by atoms with Gasteiger partial charge >= 0.3 is 0 Å². The first-order valence-electron chi connectivity index (χ1n) is 9.47. The molecule has 2 aromatic carbocycles. The Balaban J connectivity index is 1.64. The van der Waals surface area contributed by atoms with E-state index in [1.807, 2.05) is 28.9 Å². The molecule has 1 aliphatic rings. The molecule has 0 saturated carbocycles. The van der Waals surface area contributed by atoms with Crippen molar-refractivity contribution in [1.29, 1.82) is 5.26 Å². The molecule has 28 heavy (non-hydrogen) atoms. The van der Waals surface area contributed by atoms with Crippen molar-refractivity contribution < 1.29 is 4.74 Å². The van der Waals surface area contributed by atoms with Gasteiger partial charge in [-0.05, 0) is 31.2 Å². The number of morpholine rings is 1. The zero-order valence-corrected chi connectivity index (χ0v) is 15.9. The number of aryl methyl sites for hydroxylation is 1. The second kappa shape index (κ2) is 8.26. The fourth-order valence-corrected chi connectivity index (χ4v) is 3.24. The summed E-state index contributed by atoms with van der Waals surface area (Å²) in [6, 6.07) is 20.1. The molecule has 0 bridgehead atoms. The maximum Gasteiger partial charge on any atom is 0.149 e. The van der Waals surface area contributed by atoms with Crippen LogP contribution in [0.25, 0.3) is 16.9 Å². The molecule has 1 atom stereocenters. The fraction of sp³-hybridized carbons (Fsp3) is 0.273. The SMILES string of the molecule is Cc1ccc(-c2cc(NC[C@H]3CNCCO3)nn2-c2ccc(C#N)cc2)cc1. The summed E-state index contributed by atoms with van der Waals surface area (Å²) in [5, 5.41) is 20.6. The van der Waals surface area contributed by atoms with Gasteiger partial charge in [-0.25, -0.2) is 4.68 Å². The lowest BCUT2D eigenvalue weighted by Crippen LogP contribution is -2.42. The van der Waals surface area contributed by atoms with Crippen molar-refractivity contribution in [1.82, 2.24) is 15.1 Å². The van der Waals surface area contributed by atoms with Crippen molar-refractivity contribution >= 4 is 5.82 Å². The molecule has 1 aromatic heterocycles. The van der Waals surface area contributed by atoms with Crippen molar-refractivity contribution in [3.05, 3.63) is 65.7 Å². The molecule has 6 nitrogen and oxygen atoms in total. The monoisotopic (exact) mass is 373 g/mol. The van der Waals surface area contributed by atoms with E-state index in [1.165, 1.54) is 5.56 Å². The molecule has 2 N–H and O–H groups in total. The van der Waals surface area contributed by atoms with Crippen molar-refractivity contribution in [2.45, 2.75) is 13.0 Å². The number of nitrogens with zero attached hydrogens (tertiary/aromatic N) is 3. The number of hydrogen-bond acceptors (Lipinski definition) is 5. The van der Waals surface area contributed by atoms with Crippen LogP contribution in [0.5, 0.6) is 0 Å². The van der Waals surface area contributed by atoms with E-state index in [9.17, 15) is 0 Å². The van der Waals surface area contributed by atoms with Crippen LogP contribution in [0.2, 0.25) is 0 Å². The first kappa shape index (κ1) is 18.2. The third-order valence-corrected chi connectivity index (χ3v) is 4.81. The number of ether oxygens (including phenoxy) is 1. The molecule has 4 rings (SSSR count). The van der Waals surface area contributed by atoms with Crippen LogP contribution in [-0.2, 0) is 4.74 Å². The molecule has 0 amide bonds. The van der Waals surface area contributed by atoms with E-state index in [1.54, 1.807) is 0 Å². The van der Waals surface area contributed by atoms with Gasteiger partial charge in [0.15, 0.2) is 0 Å². The third-order valence-electron chi connectivity index (χ3n) is 4.81. The molecule has 1 aliphatic heterocycles. The van der Waals surface area contributed by atoms with E-state index in [0.717, 1.165) is 42.5 Å². The summed E-state index contributed by atoms with van der Waals surface area (Å²) >= 11 is 0. The lowest BCUT2D eigenvalue weighted by atomic mass is 10.1. The van der Waals surface area contributed by atoms with Crippen molar-refractivity contribution in [2.75, 3.05) is 31.6 Å². The molecular weight excluding hydrogens is 350 g/mol. The summed E-state index contributed by atoms with van der Waals surface area (Å²) in [4.78, 5) is 0. The summed E-state index contributed by atoms with van der Waals surface area (Å²) in [5.74, 6) is 0.800. The lowest BCUT2D eigenvalue weighted by molar-refractivity contribution is 0.0372. The largest absolute Gasteiger partial charge is 0.374 e. The standard InChI is InChI=1S/C22H23N5O/c1-16-2-6-18(7-3-16)21-12-22(25-15-20-14-24-10-11-28-20)26-27(21)19-8-4-17(13-23)5-9-19/h2-9,12,20,24H,10-11,14-15H2,1H3,(H,25,26)/t20-/m1/s1. The van der Waals surface area contributed by atoms with Crippen LogP contribution < -0.4 is 10.6 Å². The molecule has 6 heteroatoms. The minimum atomic E-state index is 0.136. The first-order chi connectivity index (χ1) is 13.7. The van der Waals surface area contributed by atoms with Gasteiger partial charge < -0.3 is 15.4 Å². The lowest BCUT2D eigenvalue weighted by Gasteiger charge is -2.23. The van der Waals surface area contributed by atoms with Gasteiger partial charge in [0.25, 0.3) is 0 Å². The topological polar surface area (TPSA) is 74.9 Å². The molecule has 2 heterocycles. The Bertz CT molecular complexity index is 964. The van der Waals surface area contributed by atoms with Gasteiger partial charge in [0.1, 0.15) is 5.82 Å². The van der Waals surface area contributed by atoms with Crippen molar-refractivity contribution in [3.63, 3.8) is 0 Å². The zero-order chi connectivity index (χ0) is 19.3. The number of benzene rings is 2. The Morgan fingerprint density at radius 1 is 1.21 bits per heavy atom. The Hall–Kier alpha value is -3.14. The minimum absolute atomic E-state index is 0.136. The van der Waals surface area contributed by atoms with Crippen molar-refractivity contribution in [3.8, 4) is 23.0 Å². The average molecular weight is 373 g/mol. The Kier molecular flexibility index (Phi) is 5.38. The fourth-order valence-electron chi connectivity index (χ4n) is 3.24. The van der Waals surface area contributed by atoms with Crippen LogP contribution in [0, 0.1) is 18.3 Å². The number of anilines is 1. The maximum absolute atomic E-state index is 9.06. The number of aromatic nitrogens is 2. The molecular formula is C22H23N5O. The van der Waals surface area contributed by atoms with E-state index >= 15 is 0 Å². The normalized spacial score (nSPS) is 16.5. The predicted molar refractivity (Wildman–Crippen MR) is 110 cm³/mol. The quantitative estimate of drug-likeness (QED) is 0.719. The summed E-state index contributed by atoms with van der Waals surface area (Å²) in [5.41, 5.74) is 4.85. The molecule has 3 aromatic rings. The van der Waals surface area contributed by atoms with Gasteiger partial charge in [0.05, 0.1) is 35.7 Å². The Labute approximate surface area is 164 Å². The van der Waals surface area contributed by atoms with E-state index in [0.29, 0.717) is 12.1 Å². The number of hydrogen-bond donors (Lipinski definition) is 2. The molecule has 1 saturated heterocycles. The Morgan fingerprint density at radius 2 is 2.00 bits per heavy atom. The molecule has 0 unspecified atom stereocenters. The number of rotatable bonds is 5. The molecule has 142 valence electrons. The molecule has 1 fully saturated rings. The Morgan fingerprint density at radius 3 is 2.68 bits per heavy atom. The van der Waals surface area contributed by atoms with Gasteiger partial charge in [0, 0.05) is 31.3 Å². The van der Waals surface area contributed by atoms with Crippen LogP contribution in [-0.4, -0.2) is 42.1 Å². The van der Waals surface area contributed by atoms with Crippen LogP contribution in [0.4, 0.5) is 5.82 Å². The van der Waals surface area contributed by atoms with Gasteiger partial charge in [-0.1, -0.05) is 29.8 Å². The maximum atomic E-state index is 9.06. The summed E-state index contributed by atoms with van der Waals surface area (Å²) in [7, 11) is 0. The smallest absolute Gasteiger partial charge is 0.149 e. The highest BCUT2D eigenvalue weighted by Crippen LogP contribution is 2.26. The van der Waals surface area contributed by atoms with Crippen LogP contribution in [0.3, 0.4) is 0 Å². The van der Waals surface area contributed by atoms with Crippen LogP contribution in [0.15, 0.2) is 54.6 Å². The van der Waals surface area contributed by atoms with E-state index in [2.05, 4.69) is 54.0 Å². The van der Waals surface area contributed by atoms with Crippen molar-refractivity contribution in [2.24, 2.45) is 0 Å². The third kappa shape index (κ3) is 4.06. The van der Waals surface area contributed by atoms with Gasteiger partial charge in [-0.15, -0.1) is 5.10 Å². The highest BCUT2D eigenvalue weighted by atomic mass is 16.5. The summed E-state index contributed by atoms with van der Waals surface area (Å²) in [6.07, 6.45) is 0.136. The highest BCUT2D eigenvalue weighted by molar-refractivity contribution is 5.66. The summed E-state index contributed by atoms with van der Waals surface area (Å²) in [6.45, 7) is 5.26. The number of nitriles is 1. The second-order valence-electron chi connectivity index (χ2n) is 6.93. The average Bonchev–Trinajstić information content (AvgIpc) is 3.18. The zero-order valence-electron chi connectivity index (χ0n) is 15.9. The highest BCUT2D eigenvalue weighted by Gasteiger charge is 2.16. The predicted octanol–water partition coefficient (Wildman–Crippen LogP) is 3.12. The van der Waals surface area contributed by atoms with E-state index in [4.69, 9.17) is 15.1 Å². The van der Waals surface area contributed by atoms with Gasteiger partial charge in [-0.3, -0.25) is 0 Å². The van der Waals surface area contributed by atoms with Crippen LogP contribution in [0.1, 0.15) is 11.1 Å². The molecule has 0 aliphatic carbocycles.